The maximum atomic E-state index is 13.2. The number of benzene rings is 2. The van der Waals surface area contributed by atoms with Crippen LogP contribution in [0.3, 0.4) is 0 Å². The molecule has 0 bridgehead atoms. The first-order valence-electron chi connectivity index (χ1n) is 9.48. The number of halogens is 1. The fourth-order valence-corrected chi connectivity index (χ4v) is 3.85. The number of amides is 2. The molecule has 1 aliphatic rings. The van der Waals surface area contributed by atoms with E-state index in [2.05, 4.69) is 26.0 Å². The van der Waals surface area contributed by atoms with Gasteiger partial charge in [-0.2, -0.15) is 0 Å². The van der Waals surface area contributed by atoms with Gasteiger partial charge in [-0.05, 0) is 70.1 Å². The van der Waals surface area contributed by atoms with Gasteiger partial charge in [-0.1, -0.05) is 6.07 Å². The quantitative estimate of drug-likeness (QED) is 0.232. The minimum Gasteiger partial charge on any atom is -0.493 e. The number of aromatic carboxylic acids is 1. The Bertz CT molecular complexity index is 1240. The van der Waals surface area contributed by atoms with Crippen molar-refractivity contribution in [1.82, 2.24) is 5.32 Å². The van der Waals surface area contributed by atoms with Gasteiger partial charge in [0.2, 0.25) is 0 Å². The number of esters is 1. The zero-order chi connectivity index (χ0) is 25.0. The topological polar surface area (TPSA) is 131 Å². The molecule has 0 aromatic heterocycles. The molecule has 3 rings (SSSR count). The molecule has 34 heavy (non-hydrogen) atoms. The zero-order valence-corrected chi connectivity index (χ0v) is 20.2. The first-order valence-corrected chi connectivity index (χ1v) is 10.7. The standard InChI is InChI=1S/C22H17BrN2O8S/c1-31-16-8-11(7-15(23)18(16)33-10-17(26)32-2)6-14-19(27)24-22(34)25(20(14)28)13-5-3-4-12(9-13)21(29)30/h3-9H,10H2,1-2H3,(H,29,30)(H,24,27,34). The van der Waals surface area contributed by atoms with Gasteiger partial charge in [-0.3, -0.25) is 19.8 Å². The molecule has 0 saturated carbocycles. The second kappa shape index (κ2) is 10.4. The van der Waals surface area contributed by atoms with Crippen molar-refractivity contribution in [3.8, 4) is 11.5 Å². The molecule has 1 aliphatic heterocycles. The van der Waals surface area contributed by atoms with Crippen LogP contribution in [0.15, 0.2) is 46.4 Å². The highest BCUT2D eigenvalue weighted by Gasteiger charge is 2.34. The number of hydrogen-bond acceptors (Lipinski definition) is 8. The predicted octanol–water partition coefficient (Wildman–Crippen LogP) is 2.54. The van der Waals surface area contributed by atoms with E-state index in [4.69, 9.17) is 21.7 Å². The Morgan fingerprint density at radius 3 is 2.59 bits per heavy atom. The van der Waals surface area contributed by atoms with E-state index < -0.39 is 23.8 Å². The number of ether oxygens (including phenoxy) is 3. The number of carbonyl (C=O) groups is 4. The van der Waals surface area contributed by atoms with Crippen molar-refractivity contribution in [3.05, 3.63) is 57.6 Å². The van der Waals surface area contributed by atoms with E-state index in [9.17, 15) is 24.3 Å². The summed E-state index contributed by atoms with van der Waals surface area (Å²) in [5.41, 5.74) is 0.295. The van der Waals surface area contributed by atoms with Gasteiger partial charge in [0.05, 0.1) is 29.9 Å². The molecule has 176 valence electrons. The molecule has 1 heterocycles. The highest BCUT2D eigenvalue weighted by molar-refractivity contribution is 9.10. The number of carboxylic acid groups (broad SMARTS) is 1. The van der Waals surface area contributed by atoms with E-state index in [1.165, 1.54) is 50.6 Å². The Kier molecular flexibility index (Phi) is 7.64. The third kappa shape index (κ3) is 5.24. The van der Waals surface area contributed by atoms with Crippen molar-refractivity contribution in [3.63, 3.8) is 0 Å². The summed E-state index contributed by atoms with van der Waals surface area (Å²) in [6.45, 7) is -0.353. The Balaban J connectivity index is 1.99. The van der Waals surface area contributed by atoms with Gasteiger partial charge in [0.15, 0.2) is 23.2 Å². The molecule has 2 N–H and O–H groups in total. The summed E-state index contributed by atoms with van der Waals surface area (Å²) in [4.78, 5) is 49.5. The monoisotopic (exact) mass is 548 g/mol. The maximum absolute atomic E-state index is 13.2. The van der Waals surface area contributed by atoms with E-state index in [-0.39, 0.29) is 40.0 Å². The molecule has 2 amide bonds. The average molecular weight is 549 g/mol. The summed E-state index contributed by atoms with van der Waals surface area (Å²) < 4.78 is 15.7. The van der Waals surface area contributed by atoms with Crippen molar-refractivity contribution in [2.75, 3.05) is 25.7 Å². The Morgan fingerprint density at radius 2 is 1.94 bits per heavy atom. The van der Waals surface area contributed by atoms with Crippen molar-refractivity contribution in [2.45, 2.75) is 0 Å². The van der Waals surface area contributed by atoms with E-state index in [1.54, 1.807) is 6.07 Å². The summed E-state index contributed by atoms with van der Waals surface area (Å²) in [5, 5.41) is 11.5. The predicted molar refractivity (Wildman–Crippen MR) is 128 cm³/mol. The lowest BCUT2D eigenvalue weighted by Crippen LogP contribution is -2.54. The minimum atomic E-state index is -1.18. The molecule has 0 radical (unpaired) electrons. The van der Waals surface area contributed by atoms with Crippen LogP contribution in [0, 0.1) is 0 Å². The summed E-state index contributed by atoms with van der Waals surface area (Å²) in [5.74, 6) is -2.77. The highest BCUT2D eigenvalue weighted by atomic mass is 79.9. The first kappa shape index (κ1) is 24.9. The van der Waals surface area contributed by atoms with E-state index >= 15 is 0 Å². The molecule has 0 unspecified atom stereocenters. The van der Waals surface area contributed by atoms with Gasteiger partial charge in [-0.25, -0.2) is 9.59 Å². The summed E-state index contributed by atoms with van der Waals surface area (Å²) in [7, 11) is 2.62. The van der Waals surface area contributed by atoms with Crippen LogP contribution in [0.25, 0.3) is 6.08 Å². The molecule has 2 aromatic carbocycles. The van der Waals surface area contributed by atoms with Gasteiger partial charge >= 0.3 is 11.9 Å². The number of thiocarbonyl (C=S) groups is 1. The molecule has 2 aromatic rings. The first-order chi connectivity index (χ1) is 16.2. The number of rotatable bonds is 7. The van der Waals surface area contributed by atoms with Gasteiger partial charge < -0.3 is 19.3 Å². The molecule has 12 heteroatoms. The molecule has 10 nitrogen and oxygen atoms in total. The molecule has 1 saturated heterocycles. The number of hydrogen-bond donors (Lipinski definition) is 2. The fraction of sp³-hybridized carbons (Fsp3) is 0.136. The minimum absolute atomic E-state index is 0.0493. The van der Waals surface area contributed by atoms with Crippen LogP contribution in [0.5, 0.6) is 11.5 Å². The van der Waals surface area contributed by atoms with E-state index in [0.717, 1.165) is 4.90 Å². The second-order valence-electron chi connectivity index (χ2n) is 6.71. The average Bonchev–Trinajstić information content (AvgIpc) is 2.80. The molecule has 0 atom stereocenters. The number of anilines is 1. The number of methoxy groups -OCH3 is 2. The number of carboxylic acids is 1. The fourth-order valence-electron chi connectivity index (χ4n) is 2.99. The van der Waals surface area contributed by atoms with E-state index in [0.29, 0.717) is 10.0 Å². The van der Waals surface area contributed by atoms with Crippen molar-refractivity contribution >= 4 is 68.8 Å². The molecular formula is C22H17BrN2O8S. The van der Waals surface area contributed by atoms with Gasteiger partial charge in [-0.15, -0.1) is 0 Å². The van der Waals surface area contributed by atoms with Crippen LogP contribution in [0.1, 0.15) is 15.9 Å². The van der Waals surface area contributed by atoms with Gasteiger partial charge in [0.1, 0.15) is 5.57 Å². The molecule has 0 spiro atoms. The zero-order valence-electron chi connectivity index (χ0n) is 17.8. The summed E-state index contributed by atoms with van der Waals surface area (Å²) in [6.07, 6.45) is 1.32. The largest absolute Gasteiger partial charge is 0.493 e. The maximum Gasteiger partial charge on any atom is 0.343 e. The van der Waals surface area contributed by atoms with Crippen LogP contribution >= 0.6 is 28.1 Å². The van der Waals surface area contributed by atoms with Crippen LogP contribution in [0.2, 0.25) is 0 Å². The lowest BCUT2D eigenvalue weighted by Gasteiger charge is -2.29. The number of nitrogens with one attached hydrogen (secondary N) is 1. The number of nitrogens with zero attached hydrogens (tertiary/aromatic N) is 1. The SMILES string of the molecule is COC(=O)COc1c(Br)cc(C=C2C(=O)NC(=S)N(c3cccc(C(=O)O)c3)C2=O)cc1OC. The molecule has 0 aliphatic carbocycles. The molecule has 1 fully saturated rings. The number of carbonyl (C=O) groups excluding carboxylic acids is 3. The second-order valence-corrected chi connectivity index (χ2v) is 7.95. The Labute approximate surface area is 207 Å². The molecular weight excluding hydrogens is 532 g/mol. The van der Waals surface area contributed by atoms with Gasteiger partial charge in [0.25, 0.3) is 11.8 Å². The third-order valence-electron chi connectivity index (χ3n) is 4.58. The van der Waals surface area contributed by atoms with E-state index in [1.807, 2.05) is 0 Å². The van der Waals surface area contributed by atoms with Crippen LogP contribution in [-0.4, -0.2) is 54.8 Å². The van der Waals surface area contributed by atoms with Crippen LogP contribution < -0.4 is 19.7 Å². The highest BCUT2D eigenvalue weighted by Crippen LogP contribution is 2.37. The Hall–Kier alpha value is -3.77. The van der Waals surface area contributed by atoms with Crippen LogP contribution in [-0.2, 0) is 19.1 Å². The third-order valence-corrected chi connectivity index (χ3v) is 5.45. The Morgan fingerprint density at radius 1 is 1.21 bits per heavy atom. The van der Waals surface area contributed by atoms with Crippen LogP contribution in [0.4, 0.5) is 5.69 Å². The lowest BCUT2D eigenvalue weighted by atomic mass is 10.1. The van der Waals surface area contributed by atoms with Crippen molar-refractivity contribution in [1.29, 1.82) is 0 Å². The van der Waals surface area contributed by atoms with Gasteiger partial charge in [0, 0.05) is 0 Å². The van der Waals surface area contributed by atoms with Crippen molar-refractivity contribution in [2.24, 2.45) is 0 Å². The summed E-state index contributed by atoms with van der Waals surface area (Å²) in [6, 6.07) is 8.67. The normalized spacial score (nSPS) is 14.6. The lowest BCUT2D eigenvalue weighted by molar-refractivity contribution is -0.143. The smallest absolute Gasteiger partial charge is 0.343 e. The summed E-state index contributed by atoms with van der Waals surface area (Å²) >= 11 is 8.47. The van der Waals surface area contributed by atoms with Crippen molar-refractivity contribution < 1.29 is 38.5 Å².